The van der Waals surface area contributed by atoms with Crippen molar-refractivity contribution in [3.05, 3.63) is 76.8 Å². The number of allylic oxidation sites excluding steroid dienone is 1. The SMILES string of the molecule is O=C1C=C[C@@H](Nc2ccccc2)[C@@H]1c1ccc(Br)cc1. The summed E-state index contributed by atoms with van der Waals surface area (Å²) in [4.78, 5) is 12.1. The van der Waals surface area contributed by atoms with Crippen LogP contribution in [0.15, 0.2) is 71.2 Å². The lowest BCUT2D eigenvalue weighted by atomic mass is 9.92. The first-order valence-corrected chi connectivity index (χ1v) is 7.32. The Balaban J connectivity index is 1.85. The third-order valence-electron chi connectivity index (χ3n) is 3.47. The summed E-state index contributed by atoms with van der Waals surface area (Å²) in [6.07, 6.45) is 3.62. The predicted octanol–water partition coefficient (Wildman–Crippen LogP) is 4.15. The van der Waals surface area contributed by atoms with Gasteiger partial charge in [-0.3, -0.25) is 4.79 Å². The van der Waals surface area contributed by atoms with Gasteiger partial charge in [0.2, 0.25) is 0 Å². The molecule has 0 saturated heterocycles. The molecule has 0 bridgehead atoms. The van der Waals surface area contributed by atoms with Crippen LogP contribution in [0, 0.1) is 0 Å². The van der Waals surface area contributed by atoms with Crippen molar-refractivity contribution in [1.29, 1.82) is 0 Å². The number of carbonyl (C=O) groups is 1. The van der Waals surface area contributed by atoms with E-state index in [1.807, 2.05) is 60.7 Å². The van der Waals surface area contributed by atoms with Crippen molar-refractivity contribution in [1.82, 2.24) is 0 Å². The van der Waals surface area contributed by atoms with Crippen LogP contribution in [-0.2, 0) is 4.79 Å². The highest BCUT2D eigenvalue weighted by Crippen LogP contribution is 2.30. The van der Waals surface area contributed by atoms with Crippen LogP contribution in [0.4, 0.5) is 5.69 Å². The topological polar surface area (TPSA) is 29.1 Å². The zero-order valence-electron chi connectivity index (χ0n) is 10.8. The van der Waals surface area contributed by atoms with E-state index >= 15 is 0 Å². The highest BCUT2D eigenvalue weighted by molar-refractivity contribution is 9.10. The van der Waals surface area contributed by atoms with Gasteiger partial charge in [-0.25, -0.2) is 0 Å². The predicted molar refractivity (Wildman–Crippen MR) is 84.9 cm³/mol. The molecule has 1 aliphatic rings. The third kappa shape index (κ3) is 2.68. The Morgan fingerprint density at radius 1 is 0.950 bits per heavy atom. The van der Waals surface area contributed by atoms with Crippen LogP contribution in [0.5, 0.6) is 0 Å². The molecule has 3 rings (SSSR count). The Morgan fingerprint density at radius 3 is 2.35 bits per heavy atom. The molecule has 2 aromatic carbocycles. The normalized spacial score (nSPS) is 21.1. The van der Waals surface area contributed by atoms with E-state index in [2.05, 4.69) is 21.2 Å². The Kier molecular flexibility index (Phi) is 3.70. The molecule has 1 N–H and O–H groups in total. The monoisotopic (exact) mass is 327 g/mol. The van der Waals surface area contributed by atoms with Crippen LogP contribution in [0.25, 0.3) is 0 Å². The molecule has 0 aromatic heterocycles. The van der Waals surface area contributed by atoms with Gasteiger partial charge in [0.05, 0.1) is 12.0 Å². The summed E-state index contributed by atoms with van der Waals surface area (Å²) in [7, 11) is 0. The number of nitrogens with one attached hydrogen (secondary N) is 1. The number of hydrogen-bond donors (Lipinski definition) is 1. The summed E-state index contributed by atoms with van der Waals surface area (Å²) >= 11 is 3.42. The number of anilines is 1. The van der Waals surface area contributed by atoms with E-state index in [1.54, 1.807) is 6.08 Å². The molecule has 3 heteroatoms. The molecule has 0 unspecified atom stereocenters. The fourth-order valence-corrected chi connectivity index (χ4v) is 2.75. The van der Waals surface area contributed by atoms with Crippen molar-refractivity contribution in [3.63, 3.8) is 0 Å². The summed E-state index contributed by atoms with van der Waals surface area (Å²) in [5.74, 6) is 0.00376. The van der Waals surface area contributed by atoms with Crippen LogP contribution in [-0.4, -0.2) is 11.8 Å². The van der Waals surface area contributed by atoms with Crippen molar-refractivity contribution in [3.8, 4) is 0 Å². The van der Waals surface area contributed by atoms with Crippen molar-refractivity contribution >= 4 is 27.4 Å². The van der Waals surface area contributed by atoms with Gasteiger partial charge in [0.1, 0.15) is 0 Å². The second-order valence-electron chi connectivity index (χ2n) is 4.83. The zero-order chi connectivity index (χ0) is 13.9. The summed E-state index contributed by atoms with van der Waals surface area (Å²) in [6.45, 7) is 0. The van der Waals surface area contributed by atoms with Gasteiger partial charge in [-0.05, 0) is 35.9 Å². The molecule has 0 fully saturated rings. The minimum atomic E-state index is -0.150. The molecule has 2 atom stereocenters. The lowest BCUT2D eigenvalue weighted by Crippen LogP contribution is -2.25. The Hall–Kier alpha value is -1.87. The molecule has 20 heavy (non-hydrogen) atoms. The summed E-state index contributed by atoms with van der Waals surface area (Å²) in [6, 6.07) is 17.9. The zero-order valence-corrected chi connectivity index (χ0v) is 12.4. The van der Waals surface area contributed by atoms with Crippen molar-refractivity contribution in [2.24, 2.45) is 0 Å². The second-order valence-corrected chi connectivity index (χ2v) is 5.74. The molecule has 0 saturated carbocycles. The molecule has 0 heterocycles. The molecule has 2 aromatic rings. The third-order valence-corrected chi connectivity index (χ3v) is 4.00. The average molecular weight is 328 g/mol. The first-order valence-electron chi connectivity index (χ1n) is 6.53. The highest BCUT2D eigenvalue weighted by Gasteiger charge is 2.31. The maximum Gasteiger partial charge on any atom is 0.165 e. The molecule has 0 amide bonds. The second kappa shape index (κ2) is 5.63. The van der Waals surface area contributed by atoms with E-state index in [0.29, 0.717) is 0 Å². The van der Waals surface area contributed by atoms with Crippen LogP contribution >= 0.6 is 15.9 Å². The smallest absolute Gasteiger partial charge is 0.165 e. The Morgan fingerprint density at radius 2 is 1.65 bits per heavy atom. The van der Waals surface area contributed by atoms with Crippen LogP contribution < -0.4 is 5.32 Å². The molecule has 100 valence electrons. The van der Waals surface area contributed by atoms with Crippen molar-refractivity contribution in [2.45, 2.75) is 12.0 Å². The van der Waals surface area contributed by atoms with E-state index in [4.69, 9.17) is 0 Å². The summed E-state index contributed by atoms with van der Waals surface area (Å²) in [5, 5.41) is 3.42. The number of hydrogen-bond acceptors (Lipinski definition) is 2. The van der Waals surface area contributed by atoms with Gasteiger partial charge in [0.25, 0.3) is 0 Å². The maximum absolute atomic E-state index is 12.1. The van der Waals surface area contributed by atoms with Gasteiger partial charge in [-0.2, -0.15) is 0 Å². The van der Waals surface area contributed by atoms with Crippen molar-refractivity contribution < 1.29 is 4.79 Å². The number of carbonyl (C=O) groups excluding carboxylic acids is 1. The molecule has 2 nitrogen and oxygen atoms in total. The molecule has 1 aliphatic carbocycles. The fraction of sp³-hybridized carbons (Fsp3) is 0.118. The Labute approximate surface area is 126 Å². The molecule has 0 aliphatic heterocycles. The number of ketones is 1. The van der Waals surface area contributed by atoms with Crippen LogP contribution in [0.1, 0.15) is 11.5 Å². The minimum Gasteiger partial charge on any atom is -0.378 e. The van der Waals surface area contributed by atoms with E-state index in [1.165, 1.54) is 0 Å². The molecule has 0 radical (unpaired) electrons. The first kappa shape index (κ1) is 13.1. The molecular weight excluding hydrogens is 314 g/mol. The van der Waals surface area contributed by atoms with Gasteiger partial charge in [-0.1, -0.05) is 52.3 Å². The number of para-hydroxylation sites is 1. The number of benzene rings is 2. The standard InChI is InChI=1S/C17H14BrNO/c18-13-8-6-12(7-9-13)17-15(10-11-16(17)20)19-14-4-2-1-3-5-14/h1-11,15,17,19H/t15-,17+/m1/s1. The fourth-order valence-electron chi connectivity index (χ4n) is 2.49. The van der Waals surface area contributed by atoms with Gasteiger partial charge < -0.3 is 5.32 Å². The van der Waals surface area contributed by atoms with Crippen LogP contribution in [0.3, 0.4) is 0 Å². The van der Waals surface area contributed by atoms with E-state index in [9.17, 15) is 4.79 Å². The lowest BCUT2D eigenvalue weighted by molar-refractivity contribution is -0.115. The van der Waals surface area contributed by atoms with Gasteiger partial charge in [0, 0.05) is 10.2 Å². The summed E-state index contributed by atoms with van der Waals surface area (Å²) in [5.41, 5.74) is 2.07. The largest absolute Gasteiger partial charge is 0.378 e. The number of rotatable bonds is 3. The van der Waals surface area contributed by atoms with Crippen molar-refractivity contribution in [2.75, 3.05) is 5.32 Å². The maximum atomic E-state index is 12.1. The van der Waals surface area contributed by atoms with Gasteiger partial charge in [0.15, 0.2) is 5.78 Å². The lowest BCUT2D eigenvalue weighted by Gasteiger charge is -2.21. The Bertz CT molecular complexity index is 634. The van der Waals surface area contributed by atoms with Crippen LogP contribution in [0.2, 0.25) is 0 Å². The quantitative estimate of drug-likeness (QED) is 0.917. The van der Waals surface area contributed by atoms with E-state index in [-0.39, 0.29) is 17.7 Å². The summed E-state index contributed by atoms with van der Waals surface area (Å²) < 4.78 is 1.02. The van der Waals surface area contributed by atoms with Gasteiger partial charge in [-0.15, -0.1) is 0 Å². The number of halogens is 1. The highest BCUT2D eigenvalue weighted by atomic mass is 79.9. The van der Waals surface area contributed by atoms with E-state index < -0.39 is 0 Å². The van der Waals surface area contributed by atoms with Gasteiger partial charge >= 0.3 is 0 Å². The molecule has 0 spiro atoms. The first-order chi connectivity index (χ1) is 9.74. The van der Waals surface area contributed by atoms with E-state index in [0.717, 1.165) is 15.7 Å². The molecular formula is C17H14BrNO. The minimum absolute atomic E-state index is 0.00563. The average Bonchev–Trinajstić information content (AvgIpc) is 2.82.